The fourth-order valence-corrected chi connectivity index (χ4v) is 0.859. The maximum Gasteiger partial charge on any atom is 0.192 e. The molecule has 0 aromatic carbocycles. The quantitative estimate of drug-likeness (QED) is 0.621. The summed E-state index contributed by atoms with van der Waals surface area (Å²) in [5.74, 6) is 0. The van der Waals surface area contributed by atoms with E-state index in [9.17, 15) is 0 Å². The van der Waals surface area contributed by atoms with Gasteiger partial charge in [-0.2, -0.15) is 0 Å². The van der Waals surface area contributed by atoms with Crippen LogP contribution in [0.4, 0.5) is 11.4 Å². The van der Waals surface area contributed by atoms with Crippen LogP contribution in [0.1, 0.15) is 0 Å². The highest BCUT2D eigenvalue weighted by molar-refractivity contribution is 9.10. The molecule has 4 heteroatoms. The molecule has 0 saturated carbocycles. The zero-order valence-electron chi connectivity index (χ0n) is 4.69. The van der Waals surface area contributed by atoms with Gasteiger partial charge in [-0.15, -0.1) is 0 Å². The second-order valence-corrected chi connectivity index (χ2v) is 2.53. The van der Waals surface area contributed by atoms with Crippen LogP contribution in [-0.4, -0.2) is 0 Å². The van der Waals surface area contributed by atoms with Crippen molar-refractivity contribution in [1.29, 1.82) is 0 Å². The van der Waals surface area contributed by atoms with Crippen molar-refractivity contribution in [3.05, 3.63) is 16.9 Å². The fraction of sp³-hybridized carbons (Fsp3) is 0. The molecule has 0 atom stereocenters. The van der Waals surface area contributed by atoms with E-state index in [4.69, 9.17) is 11.5 Å². The second-order valence-electron chi connectivity index (χ2n) is 1.67. The van der Waals surface area contributed by atoms with E-state index in [2.05, 4.69) is 20.9 Å². The van der Waals surface area contributed by atoms with Crippen molar-refractivity contribution in [1.82, 2.24) is 0 Å². The van der Waals surface area contributed by atoms with E-state index in [1.165, 1.54) is 0 Å². The molecule has 0 aliphatic carbocycles. The Kier molecular flexibility index (Phi) is 1.57. The van der Waals surface area contributed by atoms with Crippen molar-refractivity contribution >= 4 is 27.3 Å². The van der Waals surface area contributed by atoms with Crippen LogP contribution >= 0.6 is 15.9 Å². The maximum atomic E-state index is 5.49. The van der Waals surface area contributed by atoms with Crippen LogP contribution in [0.3, 0.4) is 0 Å². The summed E-state index contributed by atoms with van der Waals surface area (Å²) in [4.78, 5) is 2.82. The third-order valence-corrected chi connectivity index (χ3v) is 1.67. The molecule has 0 aliphatic heterocycles. The molecule has 5 N–H and O–H groups in total. The average molecular weight is 189 g/mol. The number of hydrogen-bond acceptors (Lipinski definition) is 2. The molecule has 0 bridgehead atoms. The minimum atomic E-state index is 0.560. The first-order valence-electron chi connectivity index (χ1n) is 2.42. The first-order valence-corrected chi connectivity index (χ1v) is 3.21. The van der Waals surface area contributed by atoms with E-state index in [0.29, 0.717) is 11.4 Å². The van der Waals surface area contributed by atoms with Crippen LogP contribution in [0.15, 0.2) is 16.9 Å². The van der Waals surface area contributed by atoms with Crippen LogP contribution in [0.25, 0.3) is 0 Å². The molecule has 9 heavy (non-hydrogen) atoms. The van der Waals surface area contributed by atoms with Crippen molar-refractivity contribution in [3.63, 3.8) is 0 Å². The lowest BCUT2D eigenvalue weighted by atomic mass is 10.4. The molecule has 1 aromatic rings. The Morgan fingerprint density at radius 2 is 2.00 bits per heavy atom. The molecule has 48 valence electrons. The lowest BCUT2D eigenvalue weighted by Crippen LogP contribution is -2.06. The van der Waals surface area contributed by atoms with Crippen molar-refractivity contribution in [2.45, 2.75) is 0 Å². The van der Waals surface area contributed by atoms with Gasteiger partial charge in [0.25, 0.3) is 0 Å². The topological polar surface area (TPSA) is 66.2 Å². The molecule has 0 saturated heterocycles. The van der Waals surface area contributed by atoms with E-state index < -0.39 is 0 Å². The van der Waals surface area contributed by atoms with Crippen molar-refractivity contribution in [3.8, 4) is 0 Å². The van der Waals surface area contributed by atoms with Gasteiger partial charge in [0.1, 0.15) is 10.2 Å². The van der Waals surface area contributed by atoms with Crippen LogP contribution in [0.2, 0.25) is 0 Å². The van der Waals surface area contributed by atoms with E-state index in [1.54, 1.807) is 12.4 Å². The number of aromatic nitrogens is 1. The number of nitrogen functional groups attached to an aromatic ring is 2. The Hall–Kier alpha value is -0.770. The summed E-state index contributed by atoms with van der Waals surface area (Å²) in [5.41, 5.74) is 12.1. The lowest BCUT2D eigenvalue weighted by molar-refractivity contribution is -0.377. The van der Waals surface area contributed by atoms with Crippen LogP contribution < -0.4 is 16.5 Å². The Morgan fingerprint density at radius 3 is 2.44 bits per heavy atom. The molecule has 0 radical (unpaired) electrons. The van der Waals surface area contributed by atoms with Crippen LogP contribution in [0.5, 0.6) is 0 Å². The van der Waals surface area contributed by atoms with Crippen LogP contribution in [-0.2, 0) is 0 Å². The number of hydrogen-bond donors (Lipinski definition) is 2. The van der Waals surface area contributed by atoms with Gasteiger partial charge in [-0.05, 0) is 15.9 Å². The monoisotopic (exact) mass is 188 g/mol. The van der Waals surface area contributed by atoms with Crippen molar-refractivity contribution in [2.75, 3.05) is 11.5 Å². The number of nitrogens with two attached hydrogens (primary N) is 2. The van der Waals surface area contributed by atoms with Crippen molar-refractivity contribution < 1.29 is 4.98 Å². The molecule has 0 unspecified atom stereocenters. The minimum Gasteiger partial charge on any atom is -0.396 e. The van der Waals surface area contributed by atoms with E-state index >= 15 is 0 Å². The van der Waals surface area contributed by atoms with Gasteiger partial charge in [-0.3, -0.25) is 0 Å². The third-order valence-electron chi connectivity index (χ3n) is 1.02. The molecular formula is C5H7BrN3+. The minimum absolute atomic E-state index is 0.560. The van der Waals surface area contributed by atoms with Gasteiger partial charge in [0.05, 0.1) is 5.69 Å². The first kappa shape index (κ1) is 6.35. The third kappa shape index (κ3) is 1.13. The predicted molar refractivity (Wildman–Crippen MR) is 39.5 cm³/mol. The normalized spacial score (nSPS) is 9.44. The predicted octanol–water partition coefficient (Wildman–Crippen LogP) is 0.428. The SMILES string of the molecule is Nc1c[nH+]cc(Br)c1N. The zero-order chi connectivity index (χ0) is 6.85. The highest BCUT2D eigenvalue weighted by atomic mass is 79.9. The summed E-state index contributed by atoms with van der Waals surface area (Å²) in [5, 5.41) is 0. The number of anilines is 2. The van der Waals surface area contributed by atoms with Gasteiger partial charge in [0.15, 0.2) is 12.4 Å². The second kappa shape index (κ2) is 2.23. The summed E-state index contributed by atoms with van der Waals surface area (Å²) in [6.45, 7) is 0. The molecule has 1 heterocycles. The molecule has 1 rings (SSSR count). The fourth-order valence-electron chi connectivity index (χ4n) is 0.498. The van der Waals surface area contributed by atoms with Crippen molar-refractivity contribution in [2.24, 2.45) is 0 Å². The lowest BCUT2D eigenvalue weighted by Gasteiger charge is -1.94. The Balaban J connectivity index is 3.25. The van der Waals surface area contributed by atoms with E-state index in [0.717, 1.165) is 4.47 Å². The largest absolute Gasteiger partial charge is 0.396 e. The number of rotatable bonds is 0. The molecule has 1 aromatic heterocycles. The number of pyridine rings is 1. The molecule has 0 spiro atoms. The summed E-state index contributed by atoms with van der Waals surface area (Å²) >= 11 is 3.21. The van der Waals surface area contributed by atoms with Gasteiger partial charge in [-0.1, -0.05) is 0 Å². The Labute approximate surface area is 61.2 Å². The summed E-state index contributed by atoms with van der Waals surface area (Å²) in [6, 6.07) is 0. The number of nitrogens with one attached hydrogen (secondary N) is 1. The van der Waals surface area contributed by atoms with Gasteiger partial charge in [-0.25, -0.2) is 4.98 Å². The first-order chi connectivity index (χ1) is 4.22. The van der Waals surface area contributed by atoms with Gasteiger partial charge in [0.2, 0.25) is 0 Å². The standard InChI is InChI=1S/C5H6BrN3/c6-3-1-9-2-4(7)5(3)8/h1-2H,7H2,(H2,8,9)/p+1. The Bertz CT molecular complexity index is 203. The Morgan fingerprint density at radius 1 is 1.33 bits per heavy atom. The molecular weight excluding hydrogens is 182 g/mol. The zero-order valence-corrected chi connectivity index (χ0v) is 6.27. The maximum absolute atomic E-state index is 5.49. The van der Waals surface area contributed by atoms with Gasteiger partial charge < -0.3 is 11.5 Å². The highest BCUT2D eigenvalue weighted by Crippen LogP contribution is 2.20. The number of halogens is 1. The molecule has 0 aliphatic rings. The smallest absolute Gasteiger partial charge is 0.192 e. The number of H-pyrrole nitrogens is 1. The summed E-state index contributed by atoms with van der Waals surface area (Å²) in [6.07, 6.45) is 3.37. The van der Waals surface area contributed by atoms with E-state index in [1.807, 2.05) is 0 Å². The molecule has 0 amide bonds. The molecule has 0 fully saturated rings. The van der Waals surface area contributed by atoms with Crippen LogP contribution in [0, 0.1) is 0 Å². The molecule has 3 nitrogen and oxygen atoms in total. The number of aromatic amines is 1. The summed E-state index contributed by atoms with van der Waals surface area (Å²) in [7, 11) is 0. The average Bonchev–Trinajstić information content (AvgIpc) is 1.83. The highest BCUT2D eigenvalue weighted by Gasteiger charge is 2.01. The van der Waals surface area contributed by atoms with Gasteiger partial charge in [0, 0.05) is 0 Å². The van der Waals surface area contributed by atoms with Gasteiger partial charge >= 0.3 is 0 Å². The van der Waals surface area contributed by atoms with E-state index in [-0.39, 0.29) is 0 Å². The summed E-state index contributed by atoms with van der Waals surface area (Å²) < 4.78 is 0.794.